The van der Waals surface area contributed by atoms with Gasteiger partial charge in [-0.2, -0.15) is 0 Å². The normalized spacial score (nSPS) is 23.6. The summed E-state index contributed by atoms with van der Waals surface area (Å²) in [5, 5.41) is 20.9. The Balaban J connectivity index is 2.42. The lowest BCUT2D eigenvalue weighted by molar-refractivity contribution is -0.129. The molecule has 0 saturated carbocycles. The lowest BCUT2D eigenvalue weighted by Crippen LogP contribution is -2.45. The van der Waals surface area contributed by atoms with Crippen molar-refractivity contribution in [3.63, 3.8) is 0 Å². The molecule has 2 atom stereocenters. The Morgan fingerprint density at radius 1 is 1.65 bits per heavy atom. The van der Waals surface area contributed by atoms with Crippen molar-refractivity contribution < 1.29 is 19.8 Å². The van der Waals surface area contributed by atoms with Crippen LogP contribution in [-0.4, -0.2) is 58.8 Å². The highest BCUT2D eigenvalue weighted by Crippen LogP contribution is 2.17. The number of carbonyl (C=O) groups excluding carboxylic acids is 2. The van der Waals surface area contributed by atoms with E-state index in [1.54, 1.807) is 4.90 Å². The van der Waals surface area contributed by atoms with E-state index in [1.807, 2.05) is 6.92 Å². The largest absolute Gasteiger partial charge is 0.393 e. The summed E-state index contributed by atoms with van der Waals surface area (Å²) in [7, 11) is 0. The zero-order valence-electron chi connectivity index (χ0n) is 10.3. The molecule has 0 aliphatic carbocycles. The van der Waals surface area contributed by atoms with Crippen LogP contribution in [0.1, 0.15) is 20.3 Å². The molecule has 0 aromatic rings. The van der Waals surface area contributed by atoms with E-state index in [-0.39, 0.29) is 30.7 Å². The average molecular weight is 244 g/mol. The van der Waals surface area contributed by atoms with Crippen molar-refractivity contribution in [3.8, 4) is 0 Å². The van der Waals surface area contributed by atoms with Crippen LogP contribution in [0.15, 0.2) is 0 Å². The third-order valence-corrected chi connectivity index (χ3v) is 2.95. The van der Waals surface area contributed by atoms with Gasteiger partial charge in [-0.05, 0) is 13.8 Å². The predicted octanol–water partition coefficient (Wildman–Crippen LogP) is -1.29. The van der Waals surface area contributed by atoms with E-state index in [4.69, 9.17) is 5.11 Å². The standard InChI is InChI=1S/C11H20N2O4/c1-3-13-5-8(4-9(13)15)10(16)12-6-11(2,17)7-14/h8,14,17H,3-7H2,1-2H3,(H,12,16). The molecule has 1 aliphatic heterocycles. The van der Waals surface area contributed by atoms with Crippen molar-refractivity contribution in [2.45, 2.75) is 25.9 Å². The number of nitrogens with zero attached hydrogens (tertiary/aromatic N) is 1. The Hall–Kier alpha value is -1.14. The Labute approximate surface area is 101 Å². The molecular formula is C11H20N2O4. The predicted molar refractivity (Wildman–Crippen MR) is 61.1 cm³/mol. The lowest BCUT2D eigenvalue weighted by atomic mass is 10.1. The molecule has 0 radical (unpaired) electrons. The first-order valence-electron chi connectivity index (χ1n) is 5.78. The van der Waals surface area contributed by atoms with Crippen LogP contribution in [0.4, 0.5) is 0 Å². The van der Waals surface area contributed by atoms with E-state index in [9.17, 15) is 14.7 Å². The van der Waals surface area contributed by atoms with Gasteiger partial charge in [0.05, 0.1) is 12.5 Å². The van der Waals surface area contributed by atoms with Gasteiger partial charge in [-0.25, -0.2) is 0 Å². The van der Waals surface area contributed by atoms with Crippen LogP contribution in [-0.2, 0) is 9.59 Å². The number of aliphatic hydroxyl groups is 2. The average Bonchev–Trinajstić information content (AvgIpc) is 2.67. The van der Waals surface area contributed by atoms with Crippen LogP contribution < -0.4 is 5.32 Å². The SMILES string of the molecule is CCN1CC(C(=O)NCC(C)(O)CO)CC1=O. The van der Waals surface area contributed by atoms with Crippen molar-refractivity contribution in [1.29, 1.82) is 0 Å². The van der Waals surface area contributed by atoms with Crippen molar-refractivity contribution in [2.75, 3.05) is 26.2 Å². The fourth-order valence-electron chi connectivity index (χ4n) is 1.73. The van der Waals surface area contributed by atoms with Crippen LogP contribution in [0.25, 0.3) is 0 Å². The van der Waals surface area contributed by atoms with Gasteiger partial charge in [-0.1, -0.05) is 0 Å². The van der Waals surface area contributed by atoms with Gasteiger partial charge in [0, 0.05) is 26.1 Å². The number of likely N-dealkylation sites (tertiary alicyclic amines) is 1. The number of hydrogen-bond donors (Lipinski definition) is 3. The molecule has 0 spiro atoms. The molecule has 0 aromatic carbocycles. The molecule has 2 amide bonds. The van der Waals surface area contributed by atoms with Crippen LogP contribution in [0.5, 0.6) is 0 Å². The summed E-state index contributed by atoms with van der Waals surface area (Å²) in [6.07, 6.45) is 0.223. The molecule has 1 fully saturated rings. The minimum Gasteiger partial charge on any atom is -0.393 e. The van der Waals surface area contributed by atoms with E-state index in [2.05, 4.69) is 5.32 Å². The van der Waals surface area contributed by atoms with Gasteiger partial charge in [0.2, 0.25) is 11.8 Å². The van der Waals surface area contributed by atoms with E-state index in [1.165, 1.54) is 6.92 Å². The molecule has 17 heavy (non-hydrogen) atoms. The maximum Gasteiger partial charge on any atom is 0.225 e. The number of nitrogens with one attached hydrogen (secondary N) is 1. The van der Waals surface area contributed by atoms with Crippen molar-refractivity contribution in [3.05, 3.63) is 0 Å². The molecule has 0 bridgehead atoms. The number of carbonyl (C=O) groups is 2. The number of rotatable bonds is 5. The summed E-state index contributed by atoms with van der Waals surface area (Å²) in [5.41, 5.74) is -1.32. The highest BCUT2D eigenvalue weighted by molar-refractivity contribution is 5.89. The van der Waals surface area contributed by atoms with Crippen molar-refractivity contribution >= 4 is 11.8 Å². The van der Waals surface area contributed by atoms with Gasteiger partial charge < -0.3 is 20.4 Å². The van der Waals surface area contributed by atoms with E-state index >= 15 is 0 Å². The highest BCUT2D eigenvalue weighted by Gasteiger charge is 2.34. The monoisotopic (exact) mass is 244 g/mol. The summed E-state index contributed by atoms with van der Waals surface area (Å²) in [6, 6.07) is 0. The zero-order chi connectivity index (χ0) is 13.1. The third kappa shape index (κ3) is 3.67. The second-order valence-corrected chi connectivity index (χ2v) is 4.71. The van der Waals surface area contributed by atoms with E-state index < -0.39 is 12.2 Å². The molecular weight excluding hydrogens is 224 g/mol. The highest BCUT2D eigenvalue weighted by atomic mass is 16.3. The first-order valence-corrected chi connectivity index (χ1v) is 5.78. The summed E-state index contributed by atoms with van der Waals surface area (Å²) < 4.78 is 0. The zero-order valence-corrected chi connectivity index (χ0v) is 10.3. The van der Waals surface area contributed by atoms with Gasteiger partial charge in [0.25, 0.3) is 0 Å². The number of aliphatic hydroxyl groups excluding tert-OH is 1. The molecule has 2 unspecified atom stereocenters. The molecule has 0 aromatic heterocycles. The van der Waals surface area contributed by atoms with Gasteiger partial charge in [0.15, 0.2) is 0 Å². The molecule has 6 heteroatoms. The summed E-state index contributed by atoms with van der Waals surface area (Å²) >= 11 is 0. The van der Waals surface area contributed by atoms with Crippen LogP contribution in [0.3, 0.4) is 0 Å². The van der Waals surface area contributed by atoms with Gasteiger partial charge in [0.1, 0.15) is 5.60 Å². The summed E-state index contributed by atoms with van der Waals surface area (Å²) in [5.74, 6) is -0.610. The van der Waals surface area contributed by atoms with Crippen LogP contribution in [0.2, 0.25) is 0 Å². The molecule has 1 aliphatic rings. The first kappa shape index (κ1) is 13.9. The quantitative estimate of drug-likeness (QED) is 0.561. The molecule has 1 saturated heterocycles. The van der Waals surface area contributed by atoms with Gasteiger partial charge in [-0.3, -0.25) is 9.59 Å². The molecule has 1 rings (SSSR count). The van der Waals surface area contributed by atoms with E-state index in [0.29, 0.717) is 13.1 Å². The van der Waals surface area contributed by atoms with Gasteiger partial charge >= 0.3 is 0 Å². The Morgan fingerprint density at radius 2 is 2.29 bits per heavy atom. The Bertz CT molecular complexity index is 304. The number of hydrogen-bond acceptors (Lipinski definition) is 4. The summed E-state index contributed by atoms with van der Waals surface area (Å²) in [6.45, 7) is 3.91. The fourth-order valence-corrected chi connectivity index (χ4v) is 1.73. The van der Waals surface area contributed by atoms with Crippen molar-refractivity contribution in [1.82, 2.24) is 10.2 Å². The molecule has 1 heterocycles. The minimum absolute atomic E-state index is 0.0124. The second kappa shape index (κ2) is 5.46. The minimum atomic E-state index is -1.32. The second-order valence-electron chi connectivity index (χ2n) is 4.71. The van der Waals surface area contributed by atoms with Gasteiger partial charge in [-0.15, -0.1) is 0 Å². The Morgan fingerprint density at radius 3 is 2.76 bits per heavy atom. The maximum absolute atomic E-state index is 11.7. The fraction of sp³-hybridized carbons (Fsp3) is 0.818. The molecule has 6 nitrogen and oxygen atoms in total. The van der Waals surface area contributed by atoms with Crippen LogP contribution >= 0.6 is 0 Å². The topological polar surface area (TPSA) is 89.9 Å². The summed E-state index contributed by atoms with van der Waals surface area (Å²) in [4.78, 5) is 24.8. The number of amides is 2. The van der Waals surface area contributed by atoms with E-state index in [0.717, 1.165) is 0 Å². The molecule has 98 valence electrons. The van der Waals surface area contributed by atoms with Crippen LogP contribution in [0, 0.1) is 5.92 Å². The lowest BCUT2D eigenvalue weighted by Gasteiger charge is -2.21. The third-order valence-electron chi connectivity index (χ3n) is 2.95. The molecule has 3 N–H and O–H groups in total. The Kier molecular flexibility index (Phi) is 4.47. The smallest absolute Gasteiger partial charge is 0.225 e. The maximum atomic E-state index is 11.7. The first-order chi connectivity index (χ1) is 7.89. The van der Waals surface area contributed by atoms with Crippen molar-refractivity contribution in [2.24, 2.45) is 5.92 Å².